The van der Waals surface area contributed by atoms with E-state index in [1.54, 1.807) is 26.4 Å². The predicted molar refractivity (Wildman–Crippen MR) is 63.2 cm³/mol. The first-order valence-electron chi connectivity index (χ1n) is 4.70. The zero-order valence-corrected chi connectivity index (χ0v) is 10.7. The van der Waals surface area contributed by atoms with Crippen LogP contribution in [0.2, 0.25) is 0 Å². The Labute approximate surface area is 102 Å². The maximum Gasteiger partial charge on any atom is 0.303 e. The lowest BCUT2D eigenvalue weighted by atomic mass is 10.1. The van der Waals surface area contributed by atoms with E-state index in [4.69, 9.17) is 14.6 Å². The van der Waals surface area contributed by atoms with Crippen molar-refractivity contribution in [2.24, 2.45) is 0 Å². The maximum atomic E-state index is 10.5. The Kier molecular flexibility index (Phi) is 4.61. The third-order valence-corrected chi connectivity index (χ3v) is 2.62. The summed E-state index contributed by atoms with van der Waals surface area (Å²) in [6, 6.07) is 3.58. The molecule has 4 nitrogen and oxygen atoms in total. The van der Waals surface area contributed by atoms with Crippen molar-refractivity contribution >= 4 is 21.9 Å². The summed E-state index contributed by atoms with van der Waals surface area (Å²) in [6.45, 7) is 0. The quantitative estimate of drug-likeness (QED) is 0.904. The van der Waals surface area contributed by atoms with E-state index in [1.165, 1.54) is 0 Å². The van der Waals surface area contributed by atoms with E-state index in [-0.39, 0.29) is 6.42 Å². The van der Waals surface area contributed by atoms with Gasteiger partial charge in [0.15, 0.2) is 0 Å². The van der Waals surface area contributed by atoms with Gasteiger partial charge in [-0.2, -0.15) is 0 Å². The molecule has 0 aromatic heterocycles. The summed E-state index contributed by atoms with van der Waals surface area (Å²) in [6.07, 6.45) is 0.434. The molecule has 0 saturated carbocycles. The van der Waals surface area contributed by atoms with Crippen molar-refractivity contribution in [3.8, 4) is 11.5 Å². The Morgan fingerprint density at radius 2 is 1.81 bits per heavy atom. The largest absolute Gasteiger partial charge is 0.496 e. The molecule has 0 aliphatic heterocycles. The van der Waals surface area contributed by atoms with Gasteiger partial charge in [0.25, 0.3) is 0 Å². The average Bonchev–Trinajstić information content (AvgIpc) is 2.25. The number of carboxylic acids is 1. The number of carboxylic acid groups (broad SMARTS) is 1. The number of carbonyl (C=O) groups is 1. The Balaban J connectivity index is 3.06. The fourth-order valence-corrected chi connectivity index (χ4v) is 1.85. The van der Waals surface area contributed by atoms with Gasteiger partial charge >= 0.3 is 5.97 Å². The molecule has 0 fully saturated rings. The van der Waals surface area contributed by atoms with Crippen molar-refractivity contribution in [3.05, 3.63) is 22.2 Å². The van der Waals surface area contributed by atoms with E-state index in [2.05, 4.69) is 15.9 Å². The minimum atomic E-state index is -0.841. The molecule has 0 aliphatic rings. The Hall–Kier alpha value is -1.23. The Morgan fingerprint density at radius 3 is 2.19 bits per heavy atom. The Bertz CT molecular complexity index is 365. The minimum absolute atomic E-state index is 0.0500. The first-order chi connectivity index (χ1) is 7.58. The van der Waals surface area contributed by atoms with Gasteiger partial charge in [-0.25, -0.2) is 0 Å². The standard InChI is InChI=1S/C11H13BrO4/c1-15-9-5-7(12)6-10(16-2)8(9)3-4-11(13)14/h5-6H,3-4H2,1-2H3,(H,13,14). The van der Waals surface area contributed by atoms with Crippen LogP contribution in [0.4, 0.5) is 0 Å². The smallest absolute Gasteiger partial charge is 0.303 e. The molecule has 0 spiro atoms. The molecule has 0 radical (unpaired) electrons. The fraction of sp³-hybridized carbons (Fsp3) is 0.364. The lowest BCUT2D eigenvalue weighted by Crippen LogP contribution is -2.02. The van der Waals surface area contributed by atoms with E-state index in [0.29, 0.717) is 17.9 Å². The van der Waals surface area contributed by atoms with E-state index >= 15 is 0 Å². The molecule has 1 N–H and O–H groups in total. The molecule has 0 amide bonds. The maximum absolute atomic E-state index is 10.5. The average molecular weight is 289 g/mol. The van der Waals surface area contributed by atoms with Gasteiger partial charge in [0.05, 0.1) is 14.2 Å². The van der Waals surface area contributed by atoms with Crippen LogP contribution in [-0.4, -0.2) is 25.3 Å². The van der Waals surface area contributed by atoms with Crippen molar-refractivity contribution in [3.63, 3.8) is 0 Å². The lowest BCUT2D eigenvalue weighted by molar-refractivity contribution is -0.136. The number of benzene rings is 1. The van der Waals surface area contributed by atoms with E-state index in [0.717, 1.165) is 10.0 Å². The van der Waals surface area contributed by atoms with Crippen LogP contribution in [0.3, 0.4) is 0 Å². The molecule has 0 bridgehead atoms. The minimum Gasteiger partial charge on any atom is -0.496 e. The summed E-state index contributed by atoms with van der Waals surface area (Å²) < 4.78 is 11.2. The van der Waals surface area contributed by atoms with Crippen LogP contribution in [0.25, 0.3) is 0 Å². The van der Waals surface area contributed by atoms with Crippen LogP contribution in [0.5, 0.6) is 11.5 Å². The third kappa shape index (κ3) is 3.13. The second kappa shape index (κ2) is 5.75. The molecule has 5 heteroatoms. The predicted octanol–water partition coefficient (Wildman–Crippen LogP) is 2.48. The SMILES string of the molecule is COc1cc(Br)cc(OC)c1CCC(=O)O. The highest BCUT2D eigenvalue weighted by molar-refractivity contribution is 9.10. The van der Waals surface area contributed by atoms with Gasteiger partial charge in [-0.1, -0.05) is 15.9 Å². The molecule has 0 aliphatic carbocycles. The van der Waals surface area contributed by atoms with Crippen LogP contribution in [-0.2, 0) is 11.2 Å². The molecule has 0 saturated heterocycles. The van der Waals surface area contributed by atoms with E-state index in [9.17, 15) is 4.79 Å². The van der Waals surface area contributed by atoms with Crippen LogP contribution < -0.4 is 9.47 Å². The number of rotatable bonds is 5. The highest BCUT2D eigenvalue weighted by atomic mass is 79.9. The highest BCUT2D eigenvalue weighted by Gasteiger charge is 2.13. The number of methoxy groups -OCH3 is 2. The summed E-state index contributed by atoms with van der Waals surface area (Å²) in [5.74, 6) is 0.423. The molecule has 16 heavy (non-hydrogen) atoms. The molecule has 0 heterocycles. The van der Waals surface area contributed by atoms with Gasteiger partial charge < -0.3 is 14.6 Å². The zero-order valence-electron chi connectivity index (χ0n) is 9.12. The number of hydrogen-bond donors (Lipinski definition) is 1. The number of hydrogen-bond acceptors (Lipinski definition) is 3. The van der Waals surface area contributed by atoms with Crippen LogP contribution in [0.1, 0.15) is 12.0 Å². The van der Waals surface area contributed by atoms with Gasteiger partial charge in [-0.3, -0.25) is 4.79 Å². The van der Waals surface area contributed by atoms with E-state index < -0.39 is 5.97 Å². The number of aliphatic carboxylic acids is 1. The van der Waals surface area contributed by atoms with Crippen LogP contribution >= 0.6 is 15.9 Å². The van der Waals surface area contributed by atoms with Crippen molar-refractivity contribution in [2.45, 2.75) is 12.8 Å². The van der Waals surface area contributed by atoms with Crippen molar-refractivity contribution in [1.82, 2.24) is 0 Å². The van der Waals surface area contributed by atoms with Gasteiger partial charge in [0.1, 0.15) is 11.5 Å². The summed E-state index contributed by atoms with van der Waals surface area (Å²) in [7, 11) is 3.09. The third-order valence-electron chi connectivity index (χ3n) is 2.16. The monoisotopic (exact) mass is 288 g/mol. The molecular weight excluding hydrogens is 276 g/mol. The summed E-state index contributed by atoms with van der Waals surface area (Å²) in [5, 5.41) is 8.67. The summed E-state index contributed by atoms with van der Waals surface area (Å²) in [4.78, 5) is 10.5. The van der Waals surface area contributed by atoms with Gasteiger partial charge in [0.2, 0.25) is 0 Å². The fourth-order valence-electron chi connectivity index (χ4n) is 1.43. The van der Waals surface area contributed by atoms with Crippen LogP contribution in [0, 0.1) is 0 Å². The van der Waals surface area contributed by atoms with Gasteiger partial charge in [0, 0.05) is 16.5 Å². The second-order valence-corrected chi connectivity index (χ2v) is 4.10. The topological polar surface area (TPSA) is 55.8 Å². The van der Waals surface area contributed by atoms with Crippen LogP contribution in [0.15, 0.2) is 16.6 Å². The number of ether oxygens (including phenoxy) is 2. The normalized spacial score (nSPS) is 9.94. The summed E-state index contributed by atoms with van der Waals surface area (Å²) in [5.41, 5.74) is 0.774. The summed E-state index contributed by atoms with van der Waals surface area (Å²) >= 11 is 3.33. The van der Waals surface area contributed by atoms with Gasteiger partial charge in [-0.15, -0.1) is 0 Å². The molecule has 88 valence electrons. The van der Waals surface area contributed by atoms with E-state index in [1.807, 2.05) is 0 Å². The first-order valence-corrected chi connectivity index (χ1v) is 5.50. The number of halogens is 1. The molecule has 0 atom stereocenters. The van der Waals surface area contributed by atoms with Gasteiger partial charge in [-0.05, 0) is 18.6 Å². The molecule has 0 unspecified atom stereocenters. The van der Waals surface area contributed by atoms with Crippen molar-refractivity contribution in [1.29, 1.82) is 0 Å². The Morgan fingerprint density at radius 1 is 1.31 bits per heavy atom. The second-order valence-electron chi connectivity index (χ2n) is 3.18. The zero-order chi connectivity index (χ0) is 12.1. The highest BCUT2D eigenvalue weighted by Crippen LogP contribution is 2.33. The molecule has 1 aromatic carbocycles. The van der Waals surface area contributed by atoms with Crippen molar-refractivity contribution < 1.29 is 19.4 Å². The van der Waals surface area contributed by atoms with Crippen molar-refractivity contribution in [2.75, 3.05) is 14.2 Å². The first kappa shape index (κ1) is 12.8. The molecule has 1 aromatic rings. The molecule has 1 rings (SSSR count). The molecular formula is C11H13BrO4. The lowest BCUT2D eigenvalue weighted by Gasteiger charge is -2.13.